The second-order valence-corrected chi connectivity index (χ2v) is 4.50. The number of amides is 2. The van der Waals surface area contributed by atoms with Crippen LogP contribution < -0.4 is 15.0 Å². The minimum absolute atomic E-state index is 0.0126. The van der Waals surface area contributed by atoms with Crippen LogP contribution in [0, 0.1) is 5.92 Å². The first-order chi connectivity index (χ1) is 9.15. The smallest absolute Gasteiger partial charge is 0.227 e. The number of hydrogen-bond donors (Lipinski definition) is 1. The summed E-state index contributed by atoms with van der Waals surface area (Å²) in [6.45, 7) is 2.90. The highest BCUT2D eigenvalue weighted by atomic mass is 16.5. The lowest BCUT2D eigenvalue weighted by Crippen LogP contribution is -2.32. The van der Waals surface area contributed by atoms with Gasteiger partial charge in [0.25, 0.3) is 0 Å². The van der Waals surface area contributed by atoms with Crippen molar-refractivity contribution < 1.29 is 14.3 Å². The van der Waals surface area contributed by atoms with Crippen molar-refractivity contribution in [2.45, 2.75) is 13.3 Å². The minimum Gasteiger partial charge on any atom is -0.497 e. The van der Waals surface area contributed by atoms with Crippen LogP contribution in [0.4, 0.5) is 5.69 Å². The molecule has 0 aromatic heterocycles. The fourth-order valence-corrected chi connectivity index (χ4v) is 2.21. The van der Waals surface area contributed by atoms with Crippen molar-refractivity contribution in [3.05, 3.63) is 24.3 Å². The molecule has 1 atom stereocenters. The molecule has 102 valence electrons. The zero-order chi connectivity index (χ0) is 13.8. The van der Waals surface area contributed by atoms with Gasteiger partial charge in [0.05, 0.1) is 13.0 Å². The maximum Gasteiger partial charge on any atom is 0.227 e. The van der Waals surface area contributed by atoms with Gasteiger partial charge in [-0.25, -0.2) is 0 Å². The van der Waals surface area contributed by atoms with E-state index in [-0.39, 0.29) is 24.2 Å². The number of benzene rings is 1. The van der Waals surface area contributed by atoms with Crippen LogP contribution in [-0.2, 0) is 9.59 Å². The fraction of sp³-hybridized carbons (Fsp3) is 0.429. The van der Waals surface area contributed by atoms with Gasteiger partial charge in [0.15, 0.2) is 0 Å². The van der Waals surface area contributed by atoms with Gasteiger partial charge in [-0.3, -0.25) is 9.59 Å². The number of ether oxygens (including phenoxy) is 1. The third-order valence-corrected chi connectivity index (χ3v) is 3.23. The Morgan fingerprint density at radius 2 is 2.11 bits per heavy atom. The molecule has 1 heterocycles. The van der Waals surface area contributed by atoms with Crippen LogP contribution >= 0.6 is 0 Å². The van der Waals surface area contributed by atoms with Crippen molar-refractivity contribution in [2.24, 2.45) is 5.92 Å². The predicted molar refractivity (Wildman–Crippen MR) is 72.1 cm³/mol. The molecule has 1 saturated heterocycles. The maximum atomic E-state index is 12.0. The van der Waals surface area contributed by atoms with Gasteiger partial charge in [-0.05, 0) is 31.2 Å². The molecule has 0 saturated carbocycles. The van der Waals surface area contributed by atoms with E-state index in [0.29, 0.717) is 13.1 Å². The summed E-state index contributed by atoms with van der Waals surface area (Å²) in [4.78, 5) is 25.4. The van der Waals surface area contributed by atoms with Crippen LogP contribution in [0.1, 0.15) is 13.3 Å². The Morgan fingerprint density at radius 1 is 1.42 bits per heavy atom. The molecule has 2 amide bonds. The molecule has 1 aromatic rings. The molecule has 1 aliphatic heterocycles. The number of hydrogen-bond acceptors (Lipinski definition) is 3. The lowest BCUT2D eigenvalue weighted by Gasteiger charge is -2.17. The van der Waals surface area contributed by atoms with Crippen molar-refractivity contribution in [1.82, 2.24) is 5.32 Å². The van der Waals surface area contributed by atoms with Crippen LogP contribution in [0.15, 0.2) is 24.3 Å². The normalized spacial score (nSPS) is 18.5. The molecule has 0 aliphatic carbocycles. The van der Waals surface area contributed by atoms with Gasteiger partial charge < -0.3 is 15.0 Å². The highest BCUT2D eigenvalue weighted by Gasteiger charge is 2.34. The Bertz CT molecular complexity index is 470. The minimum atomic E-state index is -0.255. The van der Waals surface area contributed by atoms with E-state index in [1.54, 1.807) is 12.0 Å². The van der Waals surface area contributed by atoms with Gasteiger partial charge in [-0.15, -0.1) is 0 Å². The van der Waals surface area contributed by atoms with Crippen LogP contribution in [0.5, 0.6) is 5.75 Å². The molecule has 19 heavy (non-hydrogen) atoms. The van der Waals surface area contributed by atoms with Crippen LogP contribution in [0.3, 0.4) is 0 Å². The van der Waals surface area contributed by atoms with E-state index in [9.17, 15) is 9.59 Å². The molecule has 1 N–H and O–H groups in total. The summed E-state index contributed by atoms with van der Waals surface area (Å²) < 4.78 is 5.08. The van der Waals surface area contributed by atoms with Crippen LogP contribution in [-0.4, -0.2) is 32.0 Å². The number of carbonyl (C=O) groups is 2. The molecule has 0 spiro atoms. The predicted octanol–water partition coefficient (Wildman–Crippen LogP) is 1.18. The standard InChI is InChI=1S/C14H18N2O3/c1-3-15-14(18)10-8-13(17)16(9-10)11-4-6-12(19-2)7-5-11/h4-7,10H,3,8-9H2,1-2H3,(H,15,18)/t10-/m0/s1. The second-order valence-electron chi connectivity index (χ2n) is 4.50. The molecule has 5 nitrogen and oxygen atoms in total. The largest absolute Gasteiger partial charge is 0.497 e. The van der Waals surface area contributed by atoms with Crippen molar-refractivity contribution in [1.29, 1.82) is 0 Å². The summed E-state index contributed by atoms with van der Waals surface area (Å²) in [6.07, 6.45) is 0.276. The summed E-state index contributed by atoms with van der Waals surface area (Å²) in [5.41, 5.74) is 0.803. The number of carbonyl (C=O) groups excluding carboxylic acids is 2. The molecular formula is C14H18N2O3. The molecule has 1 aromatic carbocycles. The topological polar surface area (TPSA) is 58.6 Å². The summed E-state index contributed by atoms with van der Waals surface area (Å²) in [5.74, 6) is 0.429. The van der Waals surface area contributed by atoms with Crippen molar-refractivity contribution in [3.63, 3.8) is 0 Å². The van der Waals surface area contributed by atoms with Gasteiger partial charge in [0, 0.05) is 25.2 Å². The second kappa shape index (κ2) is 5.73. The molecule has 1 aliphatic rings. The highest BCUT2D eigenvalue weighted by Crippen LogP contribution is 2.26. The monoisotopic (exact) mass is 262 g/mol. The molecule has 5 heteroatoms. The third-order valence-electron chi connectivity index (χ3n) is 3.23. The summed E-state index contributed by atoms with van der Waals surface area (Å²) in [5, 5.41) is 2.76. The molecule has 0 unspecified atom stereocenters. The van der Waals surface area contributed by atoms with Gasteiger partial charge in [-0.2, -0.15) is 0 Å². The van der Waals surface area contributed by atoms with Crippen molar-refractivity contribution in [3.8, 4) is 5.75 Å². The SMILES string of the molecule is CCNC(=O)[C@H]1CC(=O)N(c2ccc(OC)cc2)C1. The van der Waals surface area contributed by atoms with Crippen LogP contribution in [0.25, 0.3) is 0 Å². The Kier molecular flexibility index (Phi) is 4.04. The first-order valence-corrected chi connectivity index (χ1v) is 6.37. The van der Waals surface area contributed by atoms with Gasteiger partial charge >= 0.3 is 0 Å². The van der Waals surface area contributed by atoms with Gasteiger partial charge in [-0.1, -0.05) is 0 Å². The van der Waals surface area contributed by atoms with Crippen LogP contribution in [0.2, 0.25) is 0 Å². The number of methoxy groups -OCH3 is 1. The average Bonchev–Trinajstić information content (AvgIpc) is 2.81. The lowest BCUT2D eigenvalue weighted by atomic mass is 10.1. The fourth-order valence-electron chi connectivity index (χ4n) is 2.21. The zero-order valence-electron chi connectivity index (χ0n) is 11.2. The molecule has 2 rings (SSSR count). The highest BCUT2D eigenvalue weighted by molar-refractivity contribution is 6.00. The lowest BCUT2D eigenvalue weighted by molar-refractivity contribution is -0.126. The molecule has 1 fully saturated rings. The van der Waals surface area contributed by atoms with E-state index < -0.39 is 0 Å². The number of nitrogens with one attached hydrogen (secondary N) is 1. The van der Waals surface area contributed by atoms with E-state index in [2.05, 4.69) is 5.32 Å². The Morgan fingerprint density at radius 3 is 2.68 bits per heavy atom. The first kappa shape index (κ1) is 13.4. The zero-order valence-corrected chi connectivity index (χ0v) is 11.2. The Labute approximate surface area is 112 Å². The van der Waals surface area contributed by atoms with E-state index in [1.165, 1.54) is 0 Å². The summed E-state index contributed by atoms with van der Waals surface area (Å²) in [6, 6.07) is 7.28. The van der Waals surface area contributed by atoms with Crippen molar-refractivity contribution in [2.75, 3.05) is 25.1 Å². The molecular weight excluding hydrogens is 244 g/mol. The molecule has 0 radical (unpaired) electrons. The van der Waals surface area contributed by atoms with Crippen molar-refractivity contribution >= 4 is 17.5 Å². The van der Waals surface area contributed by atoms with E-state index in [1.807, 2.05) is 31.2 Å². The first-order valence-electron chi connectivity index (χ1n) is 6.37. The maximum absolute atomic E-state index is 12.0. The Balaban J connectivity index is 2.08. The Hall–Kier alpha value is -2.04. The van der Waals surface area contributed by atoms with E-state index in [0.717, 1.165) is 11.4 Å². The van der Waals surface area contributed by atoms with Gasteiger partial charge in [0.1, 0.15) is 5.75 Å². The molecule has 0 bridgehead atoms. The average molecular weight is 262 g/mol. The van der Waals surface area contributed by atoms with Gasteiger partial charge in [0.2, 0.25) is 11.8 Å². The van der Waals surface area contributed by atoms with E-state index >= 15 is 0 Å². The number of rotatable bonds is 4. The summed E-state index contributed by atoms with van der Waals surface area (Å²) in [7, 11) is 1.60. The number of anilines is 1. The quantitative estimate of drug-likeness (QED) is 0.886. The third kappa shape index (κ3) is 2.86. The van der Waals surface area contributed by atoms with E-state index in [4.69, 9.17) is 4.74 Å². The number of nitrogens with zero attached hydrogens (tertiary/aromatic N) is 1. The summed E-state index contributed by atoms with van der Waals surface area (Å²) >= 11 is 0.